The molecule has 5 nitrogen and oxygen atoms in total. The van der Waals surface area contributed by atoms with Crippen LogP contribution in [0.2, 0.25) is 0 Å². The number of hydrogen-bond donors (Lipinski definition) is 1. The van der Waals surface area contributed by atoms with Crippen LogP contribution >= 0.6 is 11.3 Å². The average Bonchev–Trinajstić information content (AvgIpc) is 2.81. The standard InChI is InChI=1S/C18H20N2O3S2/c1-12-6-8-15(9-7-12)25(22,23)10-4-5-17(21)20-18-16(11-19)13(2)14(3)24-18/h6-9H,4-5,10H2,1-3H3,(H,20,21). The first-order valence-electron chi connectivity index (χ1n) is 7.84. The van der Waals surface area contributed by atoms with E-state index >= 15 is 0 Å². The lowest BCUT2D eigenvalue weighted by molar-refractivity contribution is -0.116. The molecule has 0 spiro atoms. The molecule has 25 heavy (non-hydrogen) atoms. The van der Waals surface area contributed by atoms with Crippen LogP contribution in [0.4, 0.5) is 5.00 Å². The molecule has 1 N–H and O–H groups in total. The Morgan fingerprint density at radius 3 is 2.44 bits per heavy atom. The number of nitrogens with one attached hydrogen (secondary N) is 1. The van der Waals surface area contributed by atoms with E-state index in [0.717, 1.165) is 16.0 Å². The van der Waals surface area contributed by atoms with Crippen LogP contribution in [0.1, 0.15) is 34.4 Å². The largest absolute Gasteiger partial charge is 0.317 e. The van der Waals surface area contributed by atoms with Crippen LogP contribution in [0.5, 0.6) is 0 Å². The quantitative estimate of drug-likeness (QED) is 0.832. The summed E-state index contributed by atoms with van der Waals surface area (Å²) in [7, 11) is -3.39. The molecule has 0 unspecified atom stereocenters. The van der Waals surface area contributed by atoms with Gasteiger partial charge in [-0.1, -0.05) is 17.7 Å². The lowest BCUT2D eigenvalue weighted by Crippen LogP contribution is -2.14. The molecule has 7 heteroatoms. The second-order valence-corrected chi connectivity index (χ2v) is 9.22. The molecule has 2 rings (SSSR count). The highest BCUT2D eigenvalue weighted by atomic mass is 32.2. The molecule has 0 fully saturated rings. The van der Waals surface area contributed by atoms with E-state index < -0.39 is 9.84 Å². The van der Waals surface area contributed by atoms with Crippen molar-refractivity contribution in [3.05, 3.63) is 45.8 Å². The van der Waals surface area contributed by atoms with Gasteiger partial charge in [-0.3, -0.25) is 4.79 Å². The summed E-state index contributed by atoms with van der Waals surface area (Å²) in [6.07, 6.45) is 0.319. The topological polar surface area (TPSA) is 87.0 Å². The highest BCUT2D eigenvalue weighted by Gasteiger charge is 2.17. The molecule has 0 bridgehead atoms. The van der Waals surface area contributed by atoms with Crippen LogP contribution in [-0.2, 0) is 14.6 Å². The van der Waals surface area contributed by atoms with Crippen molar-refractivity contribution in [3.63, 3.8) is 0 Å². The van der Waals surface area contributed by atoms with Gasteiger partial charge in [-0.2, -0.15) is 5.26 Å². The monoisotopic (exact) mass is 376 g/mol. The number of amides is 1. The van der Waals surface area contributed by atoms with Crippen LogP contribution in [0.25, 0.3) is 0 Å². The molecule has 0 radical (unpaired) electrons. The Labute approximate surface area is 152 Å². The molecule has 2 aromatic rings. The Kier molecular flexibility index (Phi) is 5.98. The number of benzene rings is 1. The van der Waals surface area contributed by atoms with Crippen molar-refractivity contribution in [2.24, 2.45) is 0 Å². The normalized spacial score (nSPS) is 11.1. The number of rotatable bonds is 6. The van der Waals surface area contributed by atoms with Crippen LogP contribution < -0.4 is 5.32 Å². The number of aryl methyl sites for hydroxylation is 2. The summed E-state index contributed by atoms with van der Waals surface area (Å²) in [5.74, 6) is -0.367. The van der Waals surface area contributed by atoms with E-state index in [-0.39, 0.29) is 29.4 Å². The van der Waals surface area contributed by atoms with Crippen LogP contribution in [0.3, 0.4) is 0 Å². The first kappa shape index (κ1) is 19.2. The van der Waals surface area contributed by atoms with Crippen LogP contribution in [-0.4, -0.2) is 20.1 Å². The third-order valence-electron chi connectivity index (χ3n) is 3.95. The van der Waals surface area contributed by atoms with Gasteiger partial charge in [-0.25, -0.2) is 8.42 Å². The van der Waals surface area contributed by atoms with Gasteiger partial charge < -0.3 is 5.32 Å². The van der Waals surface area contributed by atoms with Gasteiger partial charge in [0.1, 0.15) is 11.1 Å². The van der Waals surface area contributed by atoms with Gasteiger partial charge in [0.2, 0.25) is 5.91 Å². The van der Waals surface area contributed by atoms with Gasteiger partial charge >= 0.3 is 0 Å². The van der Waals surface area contributed by atoms with Crippen LogP contribution in [0, 0.1) is 32.1 Å². The fourth-order valence-electron chi connectivity index (χ4n) is 2.32. The number of anilines is 1. The van der Waals surface area contributed by atoms with Gasteiger partial charge in [0.25, 0.3) is 0 Å². The minimum atomic E-state index is -3.39. The second-order valence-electron chi connectivity index (χ2n) is 5.88. The molecule has 132 valence electrons. The summed E-state index contributed by atoms with van der Waals surface area (Å²) in [4.78, 5) is 13.3. The van der Waals surface area contributed by atoms with E-state index in [9.17, 15) is 18.5 Å². The third kappa shape index (κ3) is 4.68. The Hall–Kier alpha value is -2.17. The van der Waals surface area contributed by atoms with Gasteiger partial charge in [-0.15, -0.1) is 11.3 Å². The Morgan fingerprint density at radius 1 is 1.20 bits per heavy atom. The fourth-order valence-corrected chi connectivity index (χ4v) is 4.66. The summed E-state index contributed by atoms with van der Waals surface area (Å²) >= 11 is 1.36. The van der Waals surface area contributed by atoms with E-state index in [1.54, 1.807) is 24.3 Å². The maximum atomic E-state index is 12.3. The number of sulfone groups is 1. The number of hydrogen-bond acceptors (Lipinski definition) is 5. The molecule has 0 saturated carbocycles. The summed E-state index contributed by atoms with van der Waals surface area (Å²) in [6.45, 7) is 5.63. The van der Waals surface area contributed by atoms with Gasteiger partial charge in [-0.05, 0) is 44.9 Å². The minimum absolute atomic E-state index is 0.0862. The Morgan fingerprint density at radius 2 is 1.84 bits per heavy atom. The van der Waals surface area contributed by atoms with Crippen LogP contribution in [0.15, 0.2) is 29.2 Å². The number of nitriles is 1. The predicted molar refractivity (Wildman–Crippen MR) is 99.6 cm³/mol. The molecule has 1 aromatic heterocycles. The van der Waals surface area contributed by atoms with E-state index in [4.69, 9.17) is 0 Å². The maximum absolute atomic E-state index is 12.3. The average molecular weight is 377 g/mol. The van der Waals surface area contributed by atoms with E-state index in [0.29, 0.717) is 10.6 Å². The van der Waals surface area contributed by atoms with Crippen molar-refractivity contribution in [1.29, 1.82) is 5.26 Å². The maximum Gasteiger partial charge on any atom is 0.225 e. The van der Waals surface area contributed by atoms with Crippen molar-refractivity contribution >= 4 is 32.1 Å². The first-order chi connectivity index (χ1) is 11.7. The Bertz CT molecular complexity index is 920. The number of thiophene rings is 1. The van der Waals surface area contributed by atoms with Gasteiger partial charge in [0.05, 0.1) is 16.2 Å². The smallest absolute Gasteiger partial charge is 0.225 e. The van der Waals surface area contributed by atoms with Gasteiger partial charge in [0, 0.05) is 11.3 Å². The van der Waals surface area contributed by atoms with Crippen molar-refractivity contribution in [2.45, 2.75) is 38.5 Å². The molecule has 1 aromatic carbocycles. The number of carbonyl (C=O) groups is 1. The summed E-state index contributed by atoms with van der Waals surface area (Å²) in [5.41, 5.74) is 2.33. The van der Waals surface area contributed by atoms with Crippen molar-refractivity contribution in [3.8, 4) is 6.07 Å². The molecular weight excluding hydrogens is 356 g/mol. The molecule has 0 aliphatic heterocycles. The second kappa shape index (κ2) is 7.81. The first-order valence-corrected chi connectivity index (χ1v) is 10.3. The molecule has 0 aliphatic rings. The summed E-state index contributed by atoms with van der Waals surface area (Å²) < 4.78 is 24.5. The molecule has 1 heterocycles. The third-order valence-corrected chi connectivity index (χ3v) is 6.89. The molecule has 0 saturated heterocycles. The fraction of sp³-hybridized carbons (Fsp3) is 0.333. The highest BCUT2D eigenvalue weighted by molar-refractivity contribution is 7.91. The molecule has 1 amide bonds. The van der Waals surface area contributed by atoms with E-state index in [1.807, 2.05) is 20.8 Å². The molecule has 0 atom stereocenters. The Balaban J connectivity index is 1.94. The molecule has 0 aliphatic carbocycles. The summed E-state index contributed by atoms with van der Waals surface area (Å²) in [6, 6.07) is 8.77. The lowest BCUT2D eigenvalue weighted by Gasteiger charge is -2.06. The zero-order valence-corrected chi connectivity index (χ0v) is 16.1. The zero-order chi connectivity index (χ0) is 18.6. The summed E-state index contributed by atoms with van der Waals surface area (Å²) in [5, 5.41) is 12.4. The van der Waals surface area contributed by atoms with E-state index in [2.05, 4.69) is 11.4 Å². The van der Waals surface area contributed by atoms with Crippen molar-refractivity contribution < 1.29 is 13.2 Å². The predicted octanol–water partition coefficient (Wildman–Crippen LogP) is 3.74. The van der Waals surface area contributed by atoms with E-state index in [1.165, 1.54) is 11.3 Å². The number of carbonyl (C=O) groups excluding carboxylic acids is 1. The lowest BCUT2D eigenvalue weighted by atomic mass is 10.2. The number of nitrogens with zero attached hydrogens (tertiary/aromatic N) is 1. The zero-order valence-electron chi connectivity index (χ0n) is 14.4. The van der Waals surface area contributed by atoms with Crippen molar-refractivity contribution in [1.82, 2.24) is 0 Å². The highest BCUT2D eigenvalue weighted by Crippen LogP contribution is 2.31. The van der Waals surface area contributed by atoms with Crippen molar-refractivity contribution in [2.75, 3.05) is 11.1 Å². The van der Waals surface area contributed by atoms with Gasteiger partial charge in [0.15, 0.2) is 9.84 Å². The minimum Gasteiger partial charge on any atom is -0.317 e. The SMILES string of the molecule is Cc1ccc(S(=O)(=O)CCCC(=O)Nc2sc(C)c(C)c2C#N)cc1. The molecular formula is C18H20N2O3S2.